The SMILES string of the molecule is COc1cccc(CNc2ccc(I)cc2)c1O. The maximum absolute atomic E-state index is 9.94. The van der Waals surface area contributed by atoms with Crippen LogP contribution in [-0.2, 0) is 6.54 Å². The van der Waals surface area contributed by atoms with Gasteiger partial charge in [-0.3, -0.25) is 0 Å². The average Bonchev–Trinajstić information content (AvgIpc) is 2.39. The fraction of sp³-hybridized carbons (Fsp3) is 0.143. The molecule has 3 nitrogen and oxygen atoms in total. The molecule has 0 radical (unpaired) electrons. The summed E-state index contributed by atoms with van der Waals surface area (Å²) >= 11 is 2.27. The monoisotopic (exact) mass is 355 g/mol. The maximum Gasteiger partial charge on any atom is 0.162 e. The number of nitrogens with one attached hydrogen (secondary N) is 1. The van der Waals surface area contributed by atoms with E-state index in [4.69, 9.17) is 4.74 Å². The van der Waals surface area contributed by atoms with Gasteiger partial charge >= 0.3 is 0 Å². The van der Waals surface area contributed by atoms with Crippen molar-refractivity contribution in [2.45, 2.75) is 6.54 Å². The van der Waals surface area contributed by atoms with E-state index in [1.807, 2.05) is 36.4 Å². The second-order valence-corrected chi connectivity index (χ2v) is 5.07. The van der Waals surface area contributed by atoms with Gasteiger partial charge in [0.2, 0.25) is 0 Å². The lowest BCUT2D eigenvalue weighted by molar-refractivity contribution is 0.371. The fourth-order valence-electron chi connectivity index (χ4n) is 1.64. The average molecular weight is 355 g/mol. The lowest BCUT2D eigenvalue weighted by atomic mass is 10.2. The van der Waals surface area contributed by atoms with E-state index in [0.29, 0.717) is 12.3 Å². The number of aromatic hydroxyl groups is 1. The topological polar surface area (TPSA) is 41.5 Å². The molecule has 0 bridgehead atoms. The summed E-state index contributed by atoms with van der Waals surface area (Å²) in [7, 11) is 1.55. The number of methoxy groups -OCH3 is 1. The molecule has 2 N–H and O–H groups in total. The van der Waals surface area contributed by atoms with Crippen molar-refractivity contribution in [2.24, 2.45) is 0 Å². The number of phenolic OH excluding ortho intramolecular Hbond substituents is 1. The molecule has 0 saturated heterocycles. The minimum absolute atomic E-state index is 0.193. The first-order chi connectivity index (χ1) is 8.70. The Morgan fingerprint density at radius 3 is 2.56 bits per heavy atom. The van der Waals surface area contributed by atoms with Crippen LogP contribution >= 0.6 is 22.6 Å². The van der Waals surface area contributed by atoms with Crippen LogP contribution in [-0.4, -0.2) is 12.2 Å². The van der Waals surface area contributed by atoms with Crippen LogP contribution in [0, 0.1) is 3.57 Å². The quantitative estimate of drug-likeness (QED) is 0.824. The summed E-state index contributed by atoms with van der Waals surface area (Å²) < 4.78 is 6.27. The molecule has 0 heterocycles. The molecular weight excluding hydrogens is 341 g/mol. The lowest BCUT2D eigenvalue weighted by Gasteiger charge is -2.10. The second-order valence-electron chi connectivity index (χ2n) is 3.83. The van der Waals surface area contributed by atoms with E-state index in [2.05, 4.69) is 27.9 Å². The number of phenols is 1. The predicted molar refractivity (Wildman–Crippen MR) is 81.1 cm³/mol. The van der Waals surface area contributed by atoms with Gasteiger partial charge in [-0.2, -0.15) is 0 Å². The van der Waals surface area contributed by atoms with Crippen molar-refractivity contribution in [1.29, 1.82) is 0 Å². The zero-order valence-corrected chi connectivity index (χ0v) is 12.1. The molecule has 2 aromatic rings. The van der Waals surface area contributed by atoms with Gasteiger partial charge in [0.25, 0.3) is 0 Å². The molecule has 0 aliphatic heterocycles. The Morgan fingerprint density at radius 1 is 1.17 bits per heavy atom. The Kier molecular flexibility index (Phi) is 4.30. The van der Waals surface area contributed by atoms with Crippen molar-refractivity contribution < 1.29 is 9.84 Å². The highest BCUT2D eigenvalue weighted by molar-refractivity contribution is 14.1. The van der Waals surface area contributed by atoms with Crippen LogP contribution < -0.4 is 10.1 Å². The number of hydrogen-bond donors (Lipinski definition) is 2. The highest BCUT2D eigenvalue weighted by atomic mass is 127. The first kappa shape index (κ1) is 13.0. The van der Waals surface area contributed by atoms with Crippen LogP contribution in [0.5, 0.6) is 11.5 Å². The molecule has 0 aliphatic carbocycles. The van der Waals surface area contributed by atoms with Crippen molar-refractivity contribution in [3.05, 3.63) is 51.6 Å². The van der Waals surface area contributed by atoms with Gasteiger partial charge < -0.3 is 15.2 Å². The standard InChI is InChI=1S/C14H14INO2/c1-18-13-4-2-3-10(14(13)17)9-16-12-7-5-11(15)6-8-12/h2-8,16-17H,9H2,1H3. The summed E-state index contributed by atoms with van der Waals surface area (Å²) in [6, 6.07) is 13.6. The van der Waals surface area contributed by atoms with Crippen LogP contribution in [0.2, 0.25) is 0 Å². The number of anilines is 1. The van der Waals surface area contributed by atoms with Gasteiger partial charge in [0.15, 0.2) is 11.5 Å². The Bertz CT molecular complexity index is 526. The number of para-hydroxylation sites is 1. The van der Waals surface area contributed by atoms with Crippen LogP contribution in [0.4, 0.5) is 5.69 Å². The first-order valence-corrected chi connectivity index (χ1v) is 6.63. The lowest BCUT2D eigenvalue weighted by Crippen LogP contribution is -2.00. The number of hydrogen-bond acceptors (Lipinski definition) is 3. The summed E-state index contributed by atoms with van der Waals surface area (Å²) in [6.45, 7) is 0.559. The van der Waals surface area contributed by atoms with Gasteiger partial charge in [0.05, 0.1) is 7.11 Å². The molecule has 0 unspecified atom stereocenters. The van der Waals surface area contributed by atoms with Crippen molar-refractivity contribution in [1.82, 2.24) is 0 Å². The smallest absolute Gasteiger partial charge is 0.162 e. The minimum atomic E-state index is 0.193. The van der Waals surface area contributed by atoms with E-state index in [1.165, 1.54) is 3.57 Å². The molecule has 0 saturated carbocycles. The summed E-state index contributed by atoms with van der Waals surface area (Å²) in [5.74, 6) is 0.690. The molecule has 18 heavy (non-hydrogen) atoms. The Hall–Kier alpha value is -1.43. The van der Waals surface area contributed by atoms with E-state index < -0.39 is 0 Å². The number of rotatable bonds is 4. The van der Waals surface area contributed by atoms with Crippen LogP contribution in [0.25, 0.3) is 0 Å². The van der Waals surface area contributed by atoms with Gasteiger partial charge in [0, 0.05) is 21.4 Å². The van der Waals surface area contributed by atoms with Crippen molar-refractivity contribution in [2.75, 3.05) is 12.4 Å². The highest BCUT2D eigenvalue weighted by Gasteiger charge is 2.06. The largest absolute Gasteiger partial charge is 0.504 e. The molecule has 0 aliphatic rings. The second kappa shape index (κ2) is 5.95. The third kappa shape index (κ3) is 3.07. The van der Waals surface area contributed by atoms with Gasteiger partial charge in [0.1, 0.15) is 0 Å². The number of benzene rings is 2. The molecule has 94 valence electrons. The van der Waals surface area contributed by atoms with E-state index >= 15 is 0 Å². The van der Waals surface area contributed by atoms with E-state index in [1.54, 1.807) is 13.2 Å². The van der Waals surface area contributed by atoms with Crippen molar-refractivity contribution in [3.8, 4) is 11.5 Å². The van der Waals surface area contributed by atoms with Crippen molar-refractivity contribution >= 4 is 28.3 Å². The van der Waals surface area contributed by atoms with Crippen molar-refractivity contribution in [3.63, 3.8) is 0 Å². The highest BCUT2D eigenvalue weighted by Crippen LogP contribution is 2.29. The summed E-state index contributed by atoms with van der Waals surface area (Å²) in [5.41, 5.74) is 1.84. The zero-order valence-electron chi connectivity index (χ0n) is 9.98. The summed E-state index contributed by atoms with van der Waals surface area (Å²) in [4.78, 5) is 0. The number of ether oxygens (including phenoxy) is 1. The third-order valence-electron chi connectivity index (χ3n) is 2.63. The van der Waals surface area contributed by atoms with Crippen LogP contribution in [0.15, 0.2) is 42.5 Å². The molecule has 0 fully saturated rings. The Balaban J connectivity index is 2.08. The normalized spacial score (nSPS) is 10.1. The van der Waals surface area contributed by atoms with E-state index in [0.717, 1.165) is 11.3 Å². The Morgan fingerprint density at radius 2 is 1.89 bits per heavy atom. The molecule has 2 aromatic carbocycles. The van der Waals surface area contributed by atoms with Gasteiger partial charge in [-0.15, -0.1) is 0 Å². The molecular formula is C14H14INO2. The molecule has 0 atom stereocenters. The molecule has 0 aromatic heterocycles. The van der Waals surface area contributed by atoms with E-state index in [9.17, 15) is 5.11 Å². The molecule has 2 rings (SSSR count). The minimum Gasteiger partial charge on any atom is -0.504 e. The molecule has 0 amide bonds. The van der Waals surface area contributed by atoms with Gasteiger partial charge in [-0.25, -0.2) is 0 Å². The molecule has 0 spiro atoms. The van der Waals surface area contributed by atoms with Gasteiger partial charge in [-0.1, -0.05) is 12.1 Å². The van der Waals surface area contributed by atoms with Crippen LogP contribution in [0.3, 0.4) is 0 Å². The van der Waals surface area contributed by atoms with Crippen LogP contribution in [0.1, 0.15) is 5.56 Å². The Labute approximate surface area is 120 Å². The predicted octanol–water partition coefficient (Wildman–Crippen LogP) is 3.62. The van der Waals surface area contributed by atoms with E-state index in [-0.39, 0.29) is 5.75 Å². The number of halogens is 1. The summed E-state index contributed by atoms with van der Waals surface area (Å²) in [5, 5.41) is 13.2. The van der Waals surface area contributed by atoms with Gasteiger partial charge in [-0.05, 0) is 52.9 Å². The molecule has 4 heteroatoms. The zero-order chi connectivity index (χ0) is 13.0. The fourth-order valence-corrected chi connectivity index (χ4v) is 2.00. The maximum atomic E-state index is 9.94. The first-order valence-electron chi connectivity index (χ1n) is 5.55. The summed E-state index contributed by atoms with van der Waals surface area (Å²) in [6.07, 6.45) is 0. The third-order valence-corrected chi connectivity index (χ3v) is 3.35.